The lowest BCUT2D eigenvalue weighted by Gasteiger charge is -2.22. The molecule has 2 nitrogen and oxygen atoms in total. The minimum absolute atomic E-state index is 0.222. The molecule has 4 aromatic carbocycles. The van der Waals surface area contributed by atoms with E-state index in [9.17, 15) is 17.6 Å². The summed E-state index contributed by atoms with van der Waals surface area (Å²) in [4.78, 5) is 0. The minimum atomic E-state index is -4.96. The van der Waals surface area contributed by atoms with Gasteiger partial charge in [0.2, 0.25) is 0 Å². The van der Waals surface area contributed by atoms with E-state index < -0.39 is 41.4 Å². The summed E-state index contributed by atoms with van der Waals surface area (Å²) in [5.74, 6) is -18.1. The molecule has 0 bridgehead atoms. The number of halogens is 6. The molecule has 0 saturated carbocycles. The first-order chi connectivity index (χ1) is 16.5. The van der Waals surface area contributed by atoms with Crippen LogP contribution >= 0.6 is 0 Å². The van der Waals surface area contributed by atoms with E-state index in [0.717, 1.165) is 10.8 Å². The van der Waals surface area contributed by atoms with Gasteiger partial charge in [-0.15, -0.1) is 0 Å². The maximum absolute atomic E-state index is 15.4. The van der Waals surface area contributed by atoms with Crippen LogP contribution in [-0.4, -0.2) is 17.8 Å². The molecule has 1 aliphatic carbocycles. The summed E-state index contributed by atoms with van der Waals surface area (Å²) < 4.78 is 98.5. The summed E-state index contributed by atoms with van der Waals surface area (Å²) in [6.07, 6.45) is -1.09. The lowest BCUT2D eigenvalue weighted by Crippen LogP contribution is -2.37. The van der Waals surface area contributed by atoms with Gasteiger partial charge < -0.3 is 9.47 Å². The number of fused-ring (bicyclic) bond motifs is 2. The van der Waals surface area contributed by atoms with Crippen LogP contribution in [0.5, 0.6) is 11.5 Å². The third kappa shape index (κ3) is 4.20. The Hall–Kier alpha value is -3.94. The van der Waals surface area contributed by atoms with E-state index in [4.69, 9.17) is 9.47 Å². The number of ether oxygens (including phenoxy) is 2. The van der Waals surface area contributed by atoms with Crippen molar-refractivity contribution in [2.75, 3.05) is 0 Å². The van der Waals surface area contributed by atoms with Gasteiger partial charge in [0.15, 0.2) is 11.5 Å². The third-order valence-electron chi connectivity index (χ3n) is 5.59. The number of benzene rings is 4. The van der Waals surface area contributed by atoms with E-state index in [1.807, 2.05) is 0 Å². The predicted molar refractivity (Wildman–Crippen MR) is 120 cm³/mol. The van der Waals surface area contributed by atoms with Crippen molar-refractivity contribution in [2.45, 2.75) is 17.8 Å². The Morgan fingerprint density at radius 2 is 0.829 bits per heavy atom. The SMILES string of the molecule is FC1(F)C(Oc2ccc3ccccc3c2)=CC(F)(F)C(F)(F)C=C1Oc1ccc2ccccc2c1. The second-order valence-electron chi connectivity index (χ2n) is 8.06. The number of hydrogen-bond donors (Lipinski definition) is 0. The highest BCUT2D eigenvalue weighted by molar-refractivity contribution is 5.84. The molecule has 0 unspecified atom stereocenters. The molecule has 35 heavy (non-hydrogen) atoms. The molecule has 0 saturated heterocycles. The average molecular weight is 486 g/mol. The number of allylic oxidation sites excluding steroid dienone is 2. The molecule has 0 radical (unpaired) electrons. The van der Waals surface area contributed by atoms with Gasteiger partial charge in [-0.05, 0) is 45.8 Å². The van der Waals surface area contributed by atoms with Crippen LogP contribution in [0.15, 0.2) is 109 Å². The standard InChI is InChI=1S/C27H16F6O2/c28-25(29)15-23(34-21-11-9-17-5-1-3-7-19(17)13-21)27(32,33)24(16-26(25,30)31)35-22-12-10-18-6-2-4-8-20(18)14-22/h1-16H. The second-order valence-corrected chi connectivity index (χ2v) is 8.06. The van der Waals surface area contributed by atoms with E-state index in [1.54, 1.807) is 48.5 Å². The molecule has 0 heterocycles. The molecular weight excluding hydrogens is 470 g/mol. The van der Waals surface area contributed by atoms with Crippen LogP contribution in [-0.2, 0) is 0 Å². The van der Waals surface area contributed by atoms with Crippen LogP contribution in [0.4, 0.5) is 26.3 Å². The maximum atomic E-state index is 15.4. The number of hydrogen-bond acceptors (Lipinski definition) is 2. The fourth-order valence-electron chi connectivity index (χ4n) is 3.73. The molecule has 0 spiro atoms. The van der Waals surface area contributed by atoms with Gasteiger partial charge in [0.05, 0.1) is 0 Å². The first kappa shape index (κ1) is 22.8. The maximum Gasteiger partial charge on any atom is 0.361 e. The van der Waals surface area contributed by atoms with Crippen LogP contribution < -0.4 is 9.47 Å². The van der Waals surface area contributed by atoms with E-state index in [1.165, 1.54) is 36.4 Å². The highest BCUT2D eigenvalue weighted by Gasteiger charge is 2.61. The Morgan fingerprint density at radius 1 is 0.457 bits per heavy atom. The fraction of sp³-hybridized carbons (Fsp3) is 0.111. The van der Waals surface area contributed by atoms with Gasteiger partial charge in [0.1, 0.15) is 11.5 Å². The summed E-state index contributed by atoms with van der Waals surface area (Å²) in [6, 6.07) is 22.1. The van der Waals surface area contributed by atoms with Crippen molar-refractivity contribution in [3.8, 4) is 11.5 Å². The predicted octanol–water partition coefficient (Wildman–Crippen LogP) is 8.14. The lowest BCUT2D eigenvalue weighted by molar-refractivity contribution is -0.147. The van der Waals surface area contributed by atoms with Gasteiger partial charge in [-0.2, -0.15) is 26.3 Å². The van der Waals surface area contributed by atoms with Crippen LogP contribution in [0.2, 0.25) is 0 Å². The van der Waals surface area contributed by atoms with Crippen molar-refractivity contribution < 1.29 is 35.8 Å². The van der Waals surface area contributed by atoms with Crippen LogP contribution in [0.1, 0.15) is 0 Å². The van der Waals surface area contributed by atoms with Gasteiger partial charge in [0, 0.05) is 12.2 Å². The summed E-state index contributed by atoms with van der Waals surface area (Å²) in [7, 11) is 0. The van der Waals surface area contributed by atoms with Crippen molar-refractivity contribution in [3.05, 3.63) is 109 Å². The van der Waals surface area contributed by atoms with Gasteiger partial charge in [0.25, 0.3) is 0 Å². The van der Waals surface area contributed by atoms with Gasteiger partial charge in [-0.25, -0.2) is 0 Å². The molecule has 0 N–H and O–H groups in total. The van der Waals surface area contributed by atoms with Crippen molar-refractivity contribution in [2.24, 2.45) is 0 Å². The molecule has 1 aliphatic rings. The van der Waals surface area contributed by atoms with Crippen LogP contribution in [0.3, 0.4) is 0 Å². The Balaban J connectivity index is 1.56. The normalized spacial score (nSPS) is 18.5. The zero-order valence-electron chi connectivity index (χ0n) is 17.8. The van der Waals surface area contributed by atoms with Crippen molar-refractivity contribution >= 4 is 21.5 Å². The minimum Gasteiger partial charge on any atom is -0.455 e. The molecule has 0 atom stereocenters. The van der Waals surface area contributed by atoms with Crippen molar-refractivity contribution in [1.82, 2.24) is 0 Å². The average Bonchev–Trinajstić information content (AvgIpc) is 2.86. The van der Waals surface area contributed by atoms with Crippen molar-refractivity contribution in [3.63, 3.8) is 0 Å². The van der Waals surface area contributed by atoms with E-state index in [-0.39, 0.29) is 11.5 Å². The monoisotopic (exact) mass is 486 g/mol. The van der Waals surface area contributed by atoms with Gasteiger partial charge in [-0.1, -0.05) is 60.7 Å². The van der Waals surface area contributed by atoms with Crippen LogP contribution in [0.25, 0.3) is 21.5 Å². The van der Waals surface area contributed by atoms with E-state index in [2.05, 4.69) is 0 Å². The van der Waals surface area contributed by atoms with Crippen LogP contribution in [0, 0.1) is 0 Å². The zero-order valence-corrected chi connectivity index (χ0v) is 17.8. The molecule has 8 heteroatoms. The first-order valence-corrected chi connectivity index (χ1v) is 10.5. The van der Waals surface area contributed by atoms with Crippen molar-refractivity contribution in [1.29, 1.82) is 0 Å². The molecular formula is C27H16F6O2. The number of alkyl halides is 6. The Kier molecular flexibility index (Phi) is 5.27. The summed E-state index contributed by atoms with van der Waals surface area (Å²) in [5, 5.41) is 2.67. The Labute approximate surface area is 195 Å². The highest BCUT2D eigenvalue weighted by Crippen LogP contribution is 2.47. The largest absolute Gasteiger partial charge is 0.455 e. The molecule has 0 aromatic heterocycles. The fourth-order valence-corrected chi connectivity index (χ4v) is 3.73. The zero-order chi connectivity index (χ0) is 24.8. The summed E-state index contributed by atoms with van der Waals surface area (Å²) >= 11 is 0. The quantitative estimate of drug-likeness (QED) is 0.271. The van der Waals surface area contributed by atoms with E-state index >= 15 is 8.78 Å². The number of rotatable bonds is 4. The molecule has 0 fully saturated rings. The van der Waals surface area contributed by atoms with E-state index in [0.29, 0.717) is 10.8 Å². The second kappa shape index (κ2) is 8.08. The van der Waals surface area contributed by atoms with Gasteiger partial charge >= 0.3 is 17.8 Å². The molecule has 178 valence electrons. The molecule has 4 aromatic rings. The summed E-state index contributed by atoms with van der Waals surface area (Å²) in [5.41, 5.74) is 0. The Morgan fingerprint density at radius 3 is 1.23 bits per heavy atom. The smallest absolute Gasteiger partial charge is 0.361 e. The third-order valence-corrected chi connectivity index (χ3v) is 5.59. The summed E-state index contributed by atoms with van der Waals surface area (Å²) in [6.45, 7) is 0. The molecule has 0 aliphatic heterocycles. The Bertz CT molecular complexity index is 1380. The highest BCUT2D eigenvalue weighted by atomic mass is 19.3. The topological polar surface area (TPSA) is 18.5 Å². The molecule has 5 rings (SSSR count). The van der Waals surface area contributed by atoms with Gasteiger partial charge in [-0.3, -0.25) is 0 Å². The first-order valence-electron chi connectivity index (χ1n) is 10.5. The lowest BCUT2D eigenvalue weighted by atomic mass is 10.1. The molecule has 0 amide bonds.